The molecule has 20 heavy (non-hydrogen) atoms. The van der Waals surface area contributed by atoms with Crippen molar-refractivity contribution in [3.8, 4) is 0 Å². The van der Waals surface area contributed by atoms with Crippen molar-refractivity contribution in [2.45, 2.75) is 0 Å². The summed E-state index contributed by atoms with van der Waals surface area (Å²) in [5, 5.41) is 3.04. The lowest BCUT2D eigenvalue weighted by Crippen LogP contribution is -2.45. The molecule has 0 saturated carbocycles. The third-order valence-corrected chi connectivity index (χ3v) is 3.64. The quantitative estimate of drug-likeness (QED) is 0.829. The predicted molar refractivity (Wildman–Crippen MR) is 86.7 cm³/mol. The minimum Gasteiger partial charge on any atom is -0.393 e. The lowest BCUT2D eigenvalue weighted by atomic mass is 10.1. The third-order valence-electron chi connectivity index (χ3n) is 3.64. The van der Waals surface area contributed by atoms with E-state index >= 15 is 0 Å². The molecule has 0 radical (unpaired) electrons. The lowest BCUT2D eigenvalue weighted by molar-refractivity contribution is 0.329. The molecule has 0 aliphatic carbocycles. The zero-order valence-corrected chi connectivity index (χ0v) is 12.2. The Morgan fingerprint density at radius 1 is 1.15 bits per heavy atom. The topological polar surface area (TPSA) is 18.5 Å². The molecular weight excluding hydrogens is 246 g/mol. The zero-order chi connectivity index (χ0) is 14.4. The van der Waals surface area contributed by atoms with Gasteiger partial charge in [-0.25, -0.2) is 0 Å². The molecule has 1 aliphatic heterocycles. The van der Waals surface area contributed by atoms with E-state index in [0.717, 1.165) is 37.4 Å². The molecule has 1 aromatic carbocycles. The van der Waals surface area contributed by atoms with Crippen molar-refractivity contribution < 1.29 is 0 Å². The first-order valence-corrected chi connectivity index (χ1v) is 7.00. The molecule has 0 bridgehead atoms. The highest BCUT2D eigenvalue weighted by molar-refractivity contribution is 5.47. The Hall–Kier alpha value is -2.16. The molecule has 0 aromatic heterocycles. The van der Waals surface area contributed by atoms with Crippen LogP contribution in [-0.2, 0) is 0 Å². The number of para-hydroxylation sites is 1. The van der Waals surface area contributed by atoms with Gasteiger partial charge in [0, 0.05) is 56.4 Å². The zero-order valence-electron chi connectivity index (χ0n) is 12.2. The predicted octanol–water partition coefficient (Wildman–Crippen LogP) is 2.61. The van der Waals surface area contributed by atoms with Gasteiger partial charge in [-0.1, -0.05) is 37.4 Å². The van der Waals surface area contributed by atoms with E-state index in [-0.39, 0.29) is 0 Å². The van der Waals surface area contributed by atoms with Crippen LogP contribution in [0.15, 0.2) is 67.0 Å². The highest BCUT2D eigenvalue weighted by Crippen LogP contribution is 2.20. The second-order valence-electron chi connectivity index (χ2n) is 4.85. The van der Waals surface area contributed by atoms with Crippen LogP contribution < -0.4 is 10.2 Å². The van der Waals surface area contributed by atoms with E-state index in [0.29, 0.717) is 0 Å². The van der Waals surface area contributed by atoms with E-state index in [1.54, 1.807) is 0 Å². The van der Waals surface area contributed by atoms with Crippen LogP contribution in [0.5, 0.6) is 0 Å². The maximum Gasteiger partial charge on any atom is 0.0382 e. The number of allylic oxidation sites excluding steroid dienone is 1. The number of rotatable bonds is 5. The average Bonchev–Trinajstić information content (AvgIpc) is 2.53. The number of nitrogens with one attached hydrogen (secondary N) is 1. The molecule has 0 spiro atoms. The van der Waals surface area contributed by atoms with Crippen LogP contribution in [0.1, 0.15) is 0 Å². The van der Waals surface area contributed by atoms with Crippen molar-refractivity contribution in [2.24, 2.45) is 0 Å². The number of hydrogen-bond acceptors (Lipinski definition) is 3. The summed E-state index contributed by atoms with van der Waals surface area (Å²) in [7, 11) is 1.89. The van der Waals surface area contributed by atoms with Crippen molar-refractivity contribution in [1.82, 2.24) is 10.2 Å². The number of piperazine rings is 1. The Kier molecular flexibility index (Phi) is 4.88. The van der Waals surface area contributed by atoms with E-state index < -0.39 is 0 Å². The van der Waals surface area contributed by atoms with Crippen LogP contribution in [0.25, 0.3) is 0 Å². The molecule has 1 fully saturated rings. The van der Waals surface area contributed by atoms with Gasteiger partial charge in [-0.15, -0.1) is 0 Å². The second-order valence-corrected chi connectivity index (χ2v) is 4.85. The summed E-state index contributed by atoms with van der Waals surface area (Å²) in [6.07, 6.45) is 3.79. The van der Waals surface area contributed by atoms with E-state index in [1.807, 2.05) is 19.3 Å². The van der Waals surface area contributed by atoms with E-state index in [2.05, 4.69) is 58.6 Å². The SMILES string of the molecule is C=C/C(=C\NC)C(=C)N1CCN(c2ccccc2)CC1. The second kappa shape index (κ2) is 6.85. The van der Waals surface area contributed by atoms with Crippen molar-refractivity contribution in [1.29, 1.82) is 0 Å². The van der Waals surface area contributed by atoms with Gasteiger partial charge in [0.1, 0.15) is 0 Å². The molecule has 3 nitrogen and oxygen atoms in total. The fourth-order valence-corrected chi connectivity index (χ4v) is 2.47. The number of benzene rings is 1. The fraction of sp³-hybridized carbons (Fsp3) is 0.294. The maximum atomic E-state index is 4.19. The number of hydrogen-bond donors (Lipinski definition) is 1. The van der Waals surface area contributed by atoms with E-state index in [1.165, 1.54) is 5.69 Å². The number of anilines is 1. The van der Waals surface area contributed by atoms with Gasteiger partial charge in [0.05, 0.1) is 0 Å². The molecule has 0 amide bonds. The molecule has 3 heteroatoms. The van der Waals surface area contributed by atoms with E-state index in [4.69, 9.17) is 0 Å². The third kappa shape index (κ3) is 3.23. The van der Waals surface area contributed by atoms with Crippen molar-refractivity contribution in [3.63, 3.8) is 0 Å². The smallest absolute Gasteiger partial charge is 0.0382 e. The molecule has 1 aliphatic rings. The Morgan fingerprint density at radius 3 is 2.35 bits per heavy atom. The first kappa shape index (κ1) is 14.3. The lowest BCUT2D eigenvalue weighted by Gasteiger charge is -2.38. The van der Waals surface area contributed by atoms with Crippen molar-refractivity contribution in [2.75, 3.05) is 38.1 Å². The molecule has 1 heterocycles. The minimum absolute atomic E-state index is 0.989. The summed E-state index contributed by atoms with van der Waals surface area (Å²) in [6, 6.07) is 10.6. The van der Waals surface area contributed by atoms with Crippen molar-refractivity contribution in [3.05, 3.63) is 67.0 Å². The molecule has 106 valence electrons. The Balaban J connectivity index is 1.96. The summed E-state index contributed by atoms with van der Waals surface area (Å²) >= 11 is 0. The van der Waals surface area contributed by atoms with Gasteiger partial charge < -0.3 is 15.1 Å². The molecule has 2 rings (SSSR count). The molecule has 1 N–H and O–H groups in total. The first-order valence-electron chi connectivity index (χ1n) is 7.00. The van der Waals surface area contributed by atoms with Gasteiger partial charge in [0.15, 0.2) is 0 Å². The van der Waals surface area contributed by atoms with Gasteiger partial charge in [-0.2, -0.15) is 0 Å². The van der Waals surface area contributed by atoms with Gasteiger partial charge >= 0.3 is 0 Å². The van der Waals surface area contributed by atoms with Crippen molar-refractivity contribution >= 4 is 5.69 Å². The monoisotopic (exact) mass is 269 g/mol. The van der Waals surface area contributed by atoms with Gasteiger partial charge in [0.25, 0.3) is 0 Å². The highest BCUT2D eigenvalue weighted by Gasteiger charge is 2.18. The molecule has 0 atom stereocenters. The van der Waals surface area contributed by atoms with Crippen LogP contribution in [0.3, 0.4) is 0 Å². The van der Waals surface area contributed by atoms with Crippen LogP contribution >= 0.6 is 0 Å². The summed E-state index contributed by atoms with van der Waals surface area (Å²) in [4.78, 5) is 4.74. The first-order chi connectivity index (χ1) is 9.76. The summed E-state index contributed by atoms with van der Waals surface area (Å²) in [5.74, 6) is 0. The Bertz CT molecular complexity index is 482. The maximum absolute atomic E-state index is 4.19. The van der Waals surface area contributed by atoms with Crippen LogP contribution in [0, 0.1) is 0 Å². The van der Waals surface area contributed by atoms with Crippen LogP contribution in [-0.4, -0.2) is 38.1 Å². The average molecular weight is 269 g/mol. The number of nitrogens with zero attached hydrogens (tertiary/aromatic N) is 2. The minimum atomic E-state index is 0.989. The van der Waals surface area contributed by atoms with Crippen LogP contribution in [0.4, 0.5) is 5.69 Å². The normalized spacial score (nSPS) is 15.9. The standard InChI is InChI=1S/C17H23N3/c1-4-16(14-18-3)15(2)19-10-12-20(13-11-19)17-8-6-5-7-9-17/h4-9,14,18H,1-2,10-13H2,3H3/b16-14+. The Morgan fingerprint density at radius 2 is 1.80 bits per heavy atom. The van der Waals surface area contributed by atoms with Gasteiger partial charge in [-0.3, -0.25) is 0 Å². The van der Waals surface area contributed by atoms with Crippen LogP contribution in [0.2, 0.25) is 0 Å². The summed E-state index contributed by atoms with van der Waals surface area (Å²) < 4.78 is 0. The highest BCUT2D eigenvalue weighted by atomic mass is 15.3. The Labute approximate surface area is 121 Å². The van der Waals surface area contributed by atoms with E-state index in [9.17, 15) is 0 Å². The summed E-state index contributed by atoms with van der Waals surface area (Å²) in [6.45, 7) is 12.1. The molecule has 1 saturated heterocycles. The van der Waals surface area contributed by atoms with Gasteiger partial charge in [0.2, 0.25) is 0 Å². The largest absolute Gasteiger partial charge is 0.393 e. The molecule has 0 unspecified atom stereocenters. The molecule has 1 aromatic rings. The van der Waals surface area contributed by atoms with Gasteiger partial charge in [-0.05, 0) is 12.1 Å². The molecular formula is C17H23N3. The fourth-order valence-electron chi connectivity index (χ4n) is 2.47. The summed E-state index contributed by atoms with van der Waals surface area (Å²) in [5.41, 5.74) is 3.40.